The summed E-state index contributed by atoms with van der Waals surface area (Å²) in [5.41, 5.74) is 2.39. The first-order valence-electron chi connectivity index (χ1n) is 7.91. The second-order valence-corrected chi connectivity index (χ2v) is 5.39. The van der Waals surface area contributed by atoms with Crippen molar-refractivity contribution < 1.29 is 24.1 Å². The summed E-state index contributed by atoms with van der Waals surface area (Å²) < 4.78 is 16.0. The van der Waals surface area contributed by atoms with Crippen molar-refractivity contribution in [2.45, 2.75) is 13.8 Å². The van der Waals surface area contributed by atoms with Crippen molar-refractivity contribution in [2.75, 3.05) is 20.8 Å². The van der Waals surface area contributed by atoms with Crippen LogP contribution in [0.2, 0.25) is 0 Å². The van der Waals surface area contributed by atoms with Gasteiger partial charge in [-0.15, -0.1) is 0 Å². The highest BCUT2D eigenvalue weighted by Crippen LogP contribution is 2.30. The summed E-state index contributed by atoms with van der Waals surface area (Å²) in [6.45, 7) is 4.25. The van der Waals surface area contributed by atoms with Crippen molar-refractivity contribution in [3.05, 3.63) is 53.1 Å². The van der Waals surface area contributed by atoms with Crippen LogP contribution in [0.25, 0.3) is 11.6 Å². The molecule has 1 N–H and O–H groups in total. The molecule has 0 fully saturated rings. The number of carboxylic acids is 1. The van der Waals surface area contributed by atoms with E-state index in [2.05, 4.69) is 0 Å². The van der Waals surface area contributed by atoms with Gasteiger partial charge in [0.05, 0.1) is 26.4 Å². The van der Waals surface area contributed by atoms with Gasteiger partial charge < -0.3 is 19.3 Å². The second kappa shape index (κ2) is 8.24. The number of carboxylic acid groups (broad SMARTS) is 1. The van der Waals surface area contributed by atoms with Gasteiger partial charge in [-0.25, -0.2) is 4.79 Å². The van der Waals surface area contributed by atoms with E-state index in [1.807, 2.05) is 13.8 Å². The van der Waals surface area contributed by atoms with Gasteiger partial charge in [-0.3, -0.25) is 0 Å². The van der Waals surface area contributed by atoms with E-state index in [0.29, 0.717) is 23.7 Å². The first-order chi connectivity index (χ1) is 12.0. The molecule has 0 unspecified atom stereocenters. The van der Waals surface area contributed by atoms with Crippen molar-refractivity contribution in [1.82, 2.24) is 0 Å². The van der Waals surface area contributed by atoms with Crippen LogP contribution in [0, 0.1) is 6.92 Å². The van der Waals surface area contributed by atoms with Crippen molar-refractivity contribution in [3.8, 4) is 17.2 Å². The van der Waals surface area contributed by atoms with Gasteiger partial charge in [-0.2, -0.15) is 0 Å². The minimum Gasteiger partial charge on any atom is -0.496 e. The number of hydrogen-bond acceptors (Lipinski definition) is 4. The fourth-order valence-electron chi connectivity index (χ4n) is 2.53. The van der Waals surface area contributed by atoms with Gasteiger partial charge in [-0.05, 0) is 60.9 Å². The minimum atomic E-state index is -1.00. The smallest absolute Gasteiger partial charge is 0.336 e. The summed E-state index contributed by atoms with van der Waals surface area (Å²) in [5.74, 6) is 0.903. The van der Waals surface area contributed by atoms with Crippen molar-refractivity contribution in [3.63, 3.8) is 0 Å². The van der Waals surface area contributed by atoms with Crippen molar-refractivity contribution >= 4 is 17.6 Å². The highest BCUT2D eigenvalue weighted by molar-refractivity contribution is 6.20. The number of carbonyl (C=O) groups is 1. The fourth-order valence-corrected chi connectivity index (χ4v) is 2.53. The maximum Gasteiger partial charge on any atom is 0.336 e. The molecule has 0 spiro atoms. The molecule has 0 aliphatic heterocycles. The Bertz CT molecular complexity index is 793. The van der Waals surface area contributed by atoms with E-state index >= 15 is 0 Å². The Kier molecular flexibility index (Phi) is 6.06. The fraction of sp³-hybridized carbons (Fsp3) is 0.250. The Morgan fingerprint density at radius 1 is 1.04 bits per heavy atom. The average Bonchev–Trinajstić information content (AvgIpc) is 2.60. The Morgan fingerprint density at radius 3 is 2.28 bits per heavy atom. The Labute approximate surface area is 147 Å². The van der Waals surface area contributed by atoms with E-state index in [1.54, 1.807) is 56.7 Å². The molecule has 5 nitrogen and oxygen atoms in total. The molecule has 2 aromatic rings. The average molecular weight is 342 g/mol. The number of hydrogen-bond donors (Lipinski definition) is 1. The van der Waals surface area contributed by atoms with Crippen LogP contribution in [0.15, 0.2) is 36.4 Å². The highest BCUT2D eigenvalue weighted by Gasteiger charge is 2.13. The van der Waals surface area contributed by atoms with E-state index in [4.69, 9.17) is 14.2 Å². The lowest BCUT2D eigenvalue weighted by Crippen LogP contribution is -2.01. The topological polar surface area (TPSA) is 65.0 Å². The normalized spacial score (nSPS) is 11.1. The number of methoxy groups -OCH3 is 2. The van der Waals surface area contributed by atoms with Crippen LogP contribution < -0.4 is 14.2 Å². The molecule has 0 bridgehead atoms. The zero-order valence-corrected chi connectivity index (χ0v) is 14.8. The van der Waals surface area contributed by atoms with Gasteiger partial charge in [0.1, 0.15) is 5.75 Å². The Hall–Kier alpha value is -2.95. The van der Waals surface area contributed by atoms with E-state index in [0.717, 1.165) is 16.9 Å². The number of aryl methyl sites for hydroxylation is 1. The van der Waals surface area contributed by atoms with E-state index in [-0.39, 0.29) is 5.57 Å². The third-order valence-corrected chi connectivity index (χ3v) is 3.73. The van der Waals surface area contributed by atoms with E-state index in [9.17, 15) is 9.90 Å². The van der Waals surface area contributed by atoms with Crippen LogP contribution in [-0.2, 0) is 4.79 Å². The molecule has 0 saturated heterocycles. The van der Waals surface area contributed by atoms with Crippen LogP contribution in [-0.4, -0.2) is 31.9 Å². The SMILES string of the molecule is CCOc1cc(/C=C(\C(=O)O)c2ccc(OC)c(C)c2)ccc1OC. The molecule has 0 aliphatic carbocycles. The maximum absolute atomic E-state index is 11.7. The number of aliphatic carboxylic acids is 1. The van der Waals surface area contributed by atoms with E-state index in [1.165, 1.54) is 0 Å². The van der Waals surface area contributed by atoms with Crippen LogP contribution in [0.3, 0.4) is 0 Å². The lowest BCUT2D eigenvalue weighted by atomic mass is 10.0. The molecular formula is C20H22O5. The predicted molar refractivity (Wildman–Crippen MR) is 97.4 cm³/mol. The van der Waals surface area contributed by atoms with E-state index < -0.39 is 5.97 Å². The summed E-state index contributed by atoms with van der Waals surface area (Å²) in [6.07, 6.45) is 1.62. The van der Waals surface area contributed by atoms with Gasteiger partial charge in [0.15, 0.2) is 11.5 Å². The molecule has 0 aliphatic rings. The molecular weight excluding hydrogens is 320 g/mol. The van der Waals surface area contributed by atoms with Crippen molar-refractivity contribution in [2.24, 2.45) is 0 Å². The first-order valence-corrected chi connectivity index (χ1v) is 7.91. The van der Waals surface area contributed by atoms with Crippen molar-refractivity contribution in [1.29, 1.82) is 0 Å². The van der Waals surface area contributed by atoms with Gasteiger partial charge in [0, 0.05) is 0 Å². The standard InChI is InChI=1S/C20H22O5/c1-5-25-19-12-14(6-8-18(19)24-4)11-16(20(21)22)15-7-9-17(23-3)13(2)10-15/h6-12H,5H2,1-4H3,(H,21,22)/b16-11-. The molecule has 132 valence electrons. The molecule has 2 rings (SSSR count). The summed E-state index contributed by atoms with van der Waals surface area (Å²) >= 11 is 0. The van der Waals surface area contributed by atoms with Crippen LogP contribution in [0.5, 0.6) is 17.2 Å². The second-order valence-electron chi connectivity index (χ2n) is 5.39. The molecule has 5 heteroatoms. The predicted octanol–water partition coefficient (Wildman–Crippen LogP) is 4.04. The van der Waals surface area contributed by atoms with Crippen LogP contribution in [0.1, 0.15) is 23.6 Å². The number of ether oxygens (including phenoxy) is 3. The Balaban J connectivity index is 2.48. The Morgan fingerprint density at radius 2 is 1.72 bits per heavy atom. The molecule has 0 heterocycles. The van der Waals surface area contributed by atoms with Gasteiger partial charge in [0.2, 0.25) is 0 Å². The molecule has 25 heavy (non-hydrogen) atoms. The molecule has 2 aromatic carbocycles. The summed E-state index contributed by atoms with van der Waals surface area (Å²) in [7, 11) is 3.15. The zero-order chi connectivity index (χ0) is 18.4. The molecule has 0 amide bonds. The number of rotatable bonds is 7. The lowest BCUT2D eigenvalue weighted by molar-refractivity contribution is -0.130. The third kappa shape index (κ3) is 4.32. The van der Waals surface area contributed by atoms with Gasteiger partial charge in [-0.1, -0.05) is 12.1 Å². The first kappa shape index (κ1) is 18.4. The third-order valence-electron chi connectivity index (χ3n) is 3.73. The molecule has 0 radical (unpaired) electrons. The summed E-state index contributed by atoms with van der Waals surface area (Å²) in [5, 5.41) is 9.62. The van der Waals surface area contributed by atoms with Crippen LogP contribution >= 0.6 is 0 Å². The highest BCUT2D eigenvalue weighted by atomic mass is 16.5. The molecule has 0 atom stereocenters. The van der Waals surface area contributed by atoms with Gasteiger partial charge in [0.25, 0.3) is 0 Å². The largest absolute Gasteiger partial charge is 0.496 e. The maximum atomic E-state index is 11.7. The zero-order valence-electron chi connectivity index (χ0n) is 14.8. The molecule has 0 aromatic heterocycles. The minimum absolute atomic E-state index is 0.193. The number of benzene rings is 2. The summed E-state index contributed by atoms with van der Waals surface area (Å²) in [6, 6.07) is 10.6. The summed E-state index contributed by atoms with van der Waals surface area (Å²) in [4.78, 5) is 11.7. The quantitative estimate of drug-likeness (QED) is 0.608. The van der Waals surface area contributed by atoms with Gasteiger partial charge >= 0.3 is 5.97 Å². The molecule has 0 saturated carbocycles. The monoisotopic (exact) mass is 342 g/mol. The lowest BCUT2D eigenvalue weighted by Gasteiger charge is -2.11. The van der Waals surface area contributed by atoms with Crippen LogP contribution in [0.4, 0.5) is 0 Å².